The van der Waals surface area contributed by atoms with Crippen molar-refractivity contribution >= 4 is 11.7 Å². The zero-order valence-electron chi connectivity index (χ0n) is 15.2. The van der Waals surface area contributed by atoms with E-state index in [2.05, 4.69) is 5.32 Å². The molecule has 1 unspecified atom stereocenters. The molecule has 134 valence electrons. The molecule has 0 aliphatic carbocycles. The van der Waals surface area contributed by atoms with Crippen LogP contribution in [0.1, 0.15) is 38.7 Å². The Morgan fingerprint density at radius 1 is 1.38 bits per heavy atom. The van der Waals surface area contributed by atoms with Gasteiger partial charge in [0, 0.05) is 19.8 Å². The fraction of sp³-hybridized carbons (Fsp3) is 0.632. The zero-order chi connectivity index (χ0) is 17.6. The van der Waals surface area contributed by atoms with Crippen LogP contribution in [0.5, 0.6) is 5.75 Å². The van der Waals surface area contributed by atoms with Crippen LogP contribution in [-0.2, 0) is 19.7 Å². The first-order valence-electron chi connectivity index (χ1n) is 8.57. The van der Waals surface area contributed by atoms with E-state index >= 15 is 0 Å². The molecule has 0 radical (unpaired) electrons. The predicted octanol–water partition coefficient (Wildman–Crippen LogP) is 3.37. The number of carbonyl (C=O) groups is 1. The maximum atomic E-state index is 12.0. The summed E-state index contributed by atoms with van der Waals surface area (Å²) in [7, 11) is 3.05. The summed E-state index contributed by atoms with van der Waals surface area (Å²) in [6.45, 7) is 6.35. The lowest BCUT2D eigenvalue weighted by Crippen LogP contribution is -2.30. The van der Waals surface area contributed by atoms with Crippen molar-refractivity contribution in [2.24, 2.45) is 5.92 Å². The molecule has 5 nitrogen and oxygen atoms in total. The van der Waals surface area contributed by atoms with Crippen molar-refractivity contribution in [2.45, 2.75) is 38.5 Å². The fourth-order valence-electron chi connectivity index (χ4n) is 3.05. The van der Waals surface area contributed by atoms with Gasteiger partial charge in [-0.25, -0.2) is 0 Å². The van der Waals surface area contributed by atoms with E-state index in [9.17, 15) is 4.79 Å². The molecule has 0 saturated carbocycles. The van der Waals surface area contributed by atoms with E-state index in [1.54, 1.807) is 7.11 Å². The van der Waals surface area contributed by atoms with Gasteiger partial charge in [0.25, 0.3) is 0 Å². The second-order valence-electron chi connectivity index (χ2n) is 6.83. The third kappa shape index (κ3) is 4.41. The highest BCUT2D eigenvalue weighted by Gasteiger charge is 2.31. The van der Waals surface area contributed by atoms with Crippen LogP contribution >= 0.6 is 0 Å². The van der Waals surface area contributed by atoms with E-state index in [4.69, 9.17) is 14.2 Å². The molecule has 1 aromatic carbocycles. The Kier molecular flexibility index (Phi) is 6.49. The largest absolute Gasteiger partial charge is 0.495 e. The standard InChI is InChI=1S/C19H29NO4/c1-19(2,18(21)23-4)15-7-8-16(17(12-15)22-3)20-10-9-14-6-5-11-24-13-14/h7-8,12,14,20H,5-6,9-11,13H2,1-4H3. The molecule has 0 bridgehead atoms. The van der Waals surface area contributed by atoms with Crippen LogP contribution in [0.2, 0.25) is 0 Å². The SMILES string of the molecule is COC(=O)C(C)(C)c1ccc(NCCC2CCCOC2)c(OC)c1. The number of methoxy groups -OCH3 is 2. The van der Waals surface area contributed by atoms with Crippen LogP contribution in [-0.4, -0.2) is 39.9 Å². The maximum absolute atomic E-state index is 12.0. The minimum atomic E-state index is -0.708. The van der Waals surface area contributed by atoms with Crippen LogP contribution in [0, 0.1) is 5.92 Å². The summed E-state index contributed by atoms with van der Waals surface area (Å²) in [6.07, 6.45) is 3.48. The van der Waals surface area contributed by atoms with Crippen LogP contribution in [0.25, 0.3) is 0 Å². The number of nitrogens with one attached hydrogen (secondary N) is 1. The van der Waals surface area contributed by atoms with Crippen molar-refractivity contribution in [2.75, 3.05) is 39.3 Å². The minimum absolute atomic E-state index is 0.262. The van der Waals surface area contributed by atoms with Gasteiger partial charge in [0.2, 0.25) is 0 Å². The van der Waals surface area contributed by atoms with Crippen molar-refractivity contribution in [3.8, 4) is 5.75 Å². The molecular weight excluding hydrogens is 306 g/mol. The van der Waals surface area contributed by atoms with Gasteiger partial charge < -0.3 is 19.5 Å². The van der Waals surface area contributed by atoms with Crippen molar-refractivity contribution in [1.29, 1.82) is 0 Å². The Labute approximate surface area is 144 Å². The summed E-state index contributed by atoms with van der Waals surface area (Å²) in [4.78, 5) is 12.0. The lowest BCUT2D eigenvalue weighted by atomic mass is 9.84. The van der Waals surface area contributed by atoms with Gasteiger partial charge in [0.1, 0.15) is 5.75 Å². The minimum Gasteiger partial charge on any atom is -0.495 e. The number of rotatable bonds is 7. The number of carbonyl (C=O) groups excluding carboxylic acids is 1. The molecular formula is C19H29NO4. The Morgan fingerprint density at radius 2 is 2.17 bits per heavy atom. The molecule has 1 N–H and O–H groups in total. The highest BCUT2D eigenvalue weighted by Crippen LogP contribution is 2.32. The molecule has 1 heterocycles. The van der Waals surface area contributed by atoms with Crippen molar-refractivity contribution in [3.63, 3.8) is 0 Å². The van der Waals surface area contributed by atoms with Crippen molar-refractivity contribution in [3.05, 3.63) is 23.8 Å². The number of hydrogen-bond acceptors (Lipinski definition) is 5. The Bertz CT molecular complexity index is 550. The number of anilines is 1. The lowest BCUT2D eigenvalue weighted by Gasteiger charge is -2.24. The first-order valence-corrected chi connectivity index (χ1v) is 8.57. The molecule has 0 amide bonds. The number of hydrogen-bond donors (Lipinski definition) is 1. The van der Waals surface area contributed by atoms with Gasteiger partial charge in [-0.2, -0.15) is 0 Å². The third-order valence-electron chi connectivity index (χ3n) is 4.74. The third-order valence-corrected chi connectivity index (χ3v) is 4.74. The second kappa shape index (κ2) is 8.38. The van der Waals surface area contributed by atoms with Gasteiger partial charge in [-0.15, -0.1) is 0 Å². The summed E-state index contributed by atoms with van der Waals surface area (Å²) in [5.41, 5.74) is 1.11. The maximum Gasteiger partial charge on any atom is 0.315 e. The first kappa shape index (κ1) is 18.6. The lowest BCUT2D eigenvalue weighted by molar-refractivity contribution is -0.146. The van der Waals surface area contributed by atoms with E-state index in [1.165, 1.54) is 13.5 Å². The van der Waals surface area contributed by atoms with Gasteiger partial charge in [0.05, 0.1) is 25.3 Å². The quantitative estimate of drug-likeness (QED) is 0.774. The van der Waals surface area contributed by atoms with E-state index in [0.29, 0.717) is 5.92 Å². The summed E-state index contributed by atoms with van der Waals surface area (Å²) >= 11 is 0. The van der Waals surface area contributed by atoms with Gasteiger partial charge in [-0.1, -0.05) is 6.07 Å². The Balaban J connectivity index is 2.01. The molecule has 1 aliphatic heterocycles. The second-order valence-corrected chi connectivity index (χ2v) is 6.83. The first-order chi connectivity index (χ1) is 11.5. The summed E-state index contributed by atoms with van der Waals surface area (Å²) in [5, 5.41) is 3.44. The van der Waals surface area contributed by atoms with Crippen LogP contribution in [0.15, 0.2) is 18.2 Å². The van der Waals surface area contributed by atoms with Crippen LogP contribution < -0.4 is 10.1 Å². The van der Waals surface area contributed by atoms with Crippen LogP contribution in [0.3, 0.4) is 0 Å². The van der Waals surface area contributed by atoms with E-state index < -0.39 is 5.41 Å². The average molecular weight is 335 g/mol. The molecule has 1 aliphatic rings. The topological polar surface area (TPSA) is 56.8 Å². The van der Waals surface area contributed by atoms with E-state index in [1.807, 2.05) is 32.0 Å². The molecule has 2 rings (SSSR count). The van der Waals surface area contributed by atoms with E-state index in [-0.39, 0.29) is 5.97 Å². The van der Waals surface area contributed by atoms with Gasteiger partial charge in [-0.3, -0.25) is 4.79 Å². The van der Waals surface area contributed by atoms with Gasteiger partial charge in [0.15, 0.2) is 0 Å². The van der Waals surface area contributed by atoms with Gasteiger partial charge >= 0.3 is 5.97 Å². The van der Waals surface area contributed by atoms with Crippen molar-refractivity contribution in [1.82, 2.24) is 0 Å². The molecule has 1 atom stereocenters. The summed E-state index contributed by atoms with van der Waals surface area (Å²) in [6, 6.07) is 5.82. The average Bonchev–Trinajstić information content (AvgIpc) is 2.61. The number of esters is 1. The number of benzene rings is 1. The zero-order valence-corrected chi connectivity index (χ0v) is 15.2. The Hall–Kier alpha value is -1.75. The highest BCUT2D eigenvalue weighted by molar-refractivity contribution is 5.82. The molecule has 0 aromatic heterocycles. The van der Waals surface area contributed by atoms with Crippen LogP contribution in [0.4, 0.5) is 5.69 Å². The summed E-state index contributed by atoms with van der Waals surface area (Å²) in [5.74, 6) is 1.11. The Morgan fingerprint density at radius 3 is 2.79 bits per heavy atom. The van der Waals surface area contributed by atoms with Gasteiger partial charge in [-0.05, 0) is 56.7 Å². The monoisotopic (exact) mass is 335 g/mol. The fourth-order valence-corrected chi connectivity index (χ4v) is 3.05. The molecule has 0 spiro atoms. The normalized spacial score (nSPS) is 18.1. The molecule has 1 fully saturated rings. The van der Waals surface area contributed by atoms with E-state index in [0.717, 1.165) is 49.6 Å². The van der Waals surface area contributed by atoms with Crippen molar-refractivity contribution < 1.29 is 19.0 Å². The molecule has 5 heteroatoms. The molecule has 24 heavy (non-hydrogen) atoms. The summed E-state index contributed by atoms with van der Waals surface area (Å²) < 4.78 is 15.9. The molecule has 1 saturated heterocycles. The predicted molar refractivity (Wildman–Crippen MR) is 94.7 cm³/mol. The highest BCUT2D eigenvalue weighted by atomic mass is 16.5. The number of ether oxygens (including phenoxy) is 3. The smallest absolute Gasteiger partial charge is 0.315 e. The molecule has 1 aromatic rings.